The Hall–Kier alpha value is -2.38. The molecule has 3 rings (SSSR count). The highest BCUT2D eigenvalue weighted by Gasteiger charge is 2.19. The summed E-state index contributed by atoms with van der Waals surface area (Å²) < 4.78 is 2.48. The van der Waals surface area contributed by atoms with Gasteiger partial charge in [0, 0.05) is 29.6 Å². The fourth-order valence-electron chi connectivity index (χ4n) is 2.61. The number of anilines is 1. The molecule has 0 aliphatic heterocycles. The Kier molecular flexibility index (Phi) is 4.78. The van der Waals surface area contributed by atoms with Crippen LogP contribution in [0.2, 0.25) is 5.02 Å². The van der Waals surface area contributed by atoms with Gasteiger partial charge in [-0.3, -0.25) is 13.9 Å². The Bertz CT molecular complexity index is 1050. The highest BCUT2D eigenvalue weighted by molar-refractivity contribution is 7.13. The molecule has 0 unspecified atom stereocenters. The lowest BCUT2D eigenvalue weighted by atomic mass is 10.2. The van der Waals surface area contributed by atoms with Crippen molar-refractivity contribution >= 4 is 28.8 Å². The van der Waals surface area contributed by atoms with E-state index >= 15 is 0 Å². The van der Waals surface area contributed by atoms with Crippen molar-refractivity contribution in [1.29, 1.82) is 0 Å². The molecule has 1 aromatic carbocycles. The van der Waals surface area contributed by atoms with Crippen LogP contribution in [0.3, 0.4) is 0 Å². The van der Waals surface area contributed by atoms with Gasteiger partial charge in [0.2, 0.25) is 0 Å². The van der Waals surface area contributed by atoms with Crippen molar-refractivity contribution in [2.45, 2.75) is 19.9 Å². The summed E-state index contributed by atoms with van der Waals surface area (Å²) in [7, 11) is 1.45. The summed E-state index contributed by atoms with van der Waals surface area (Å²) in [6.45, 7) is 2.38. The number of rotatable bonds is 4. The van der Waals surface area contributed by atoms with Gasteiger partial charge in [0.1, 0.15) is 16.4 Å². The lowest BCUT2D eigenvalue weighted by Crippen LogP contribution is -2.40. The maximum absolute atomic E-state index is 12.6. The summed E-state index contributed by atoms with van der Waals surface area (Å²) >= 11 is 7.42. The summed E-state index contributed by atoms with van der Waals surface area (Å²) in [5, 5.41) is 3.11. The maximum atomic E-state index is 12.6. The average molecular weight is 377 g/mol. The Labute approximate surface area is 153 Å². The highest BCUT2D eigenvalue weighted by atomic mass is 35.5. The minimum absolute atomic E-state index is 0.151. The Morgan fingerprint density at radius 3 is 2.76 bits per heavy atom. The second-order valence-corrected chi connectivity index (χ2v) is 6.90. The second kappa shape index (κ2) is 6.85. The summed E-state index contributed by atoms with van der Waals surface area (Å²) in [5.74, 6) is 0.151. The molecule has 6 nitrogen and oxygen atoms in total. The molecule has 25 heavy (non-hydrogen) atoms. The number of nitrogens with zero attached hydrogens (tertiary/aromatic N) is 3. The van der Waals surface area contributed by atoms with E-state index in [4.69, 9.17) is 17.3 Å². The van der Waals surface area contributed by atoms with E-state index in [-0.39, 0.29) is 11.4 Å². The zero-order chi connectivity index (χ0) is 18.1. The molecule has 2 heterocycles. The van der Waals surface area contributed by atoms with Gasteiger partial charge in [-0.25, -0.2) is 9.78 Å². The molecular weight excluding hydrogens is 360 g/mol. The average Bonchev–Trinajstić information content (AvgIpc) is 3.07. The molecule has 0 aliphatic carbocycles. The van der Waals surface area contributed by atoms with E-state index < -0.39 is 11.2 Å². The first kappa shape index (κ1) is 17.4. The van der Waals surface area contributed by atoms with Gasteiger partial charge < -0.3 is 5.73 Å². The van der Waals surface area contributed by atoms with Crippen LogP contribution in [0.15, 0.2) is 39.2 Å². The van der Waals surface area contributed by atoms with Gasteiger partial charge in [-0.05, 0) is 18.6 Å². The molecule has 3 aromatic rings. The Balaban J connectivity index is 2.18. The van der Waals surface area contributed by atoms with Gasteiger partial charge in [0.05, 0.1) is 5.69 Å². The smallest absolute Gasteiger partial charge is 0.332 e. The van der Waals surface area contributed by atoms with Crippen LogP contribution in [0.25, 0.3) is 21.8 Å². The number of thiazole rings is 1. The number of hydrogen-bond donors (Lipinski definition) is 1. The topological polar surface area (TPSA) is 82.9 Å². The molecule has 2 N–H and O–H groups in total. The van der Waals surface area contributed by atoms with Crippen molar-refractivity contribution in [2.75, 3.05) is 5.73 Å². The van der Waals surface area contributed by atoms with Gasteiger partial charge >= 0.3 is 5.69 Å². The van der Waals surface area contributed by atoms with E-state index in [2.05, 4.69) is 4.98 Å². The van der Waals surface area contributed by atoms with Crippen LogP contribution in [0.4, 0.5) is 5.82 Å². The van der Waals surface area contributed by atoms with Crippen molar-refractivity contribution in [3.63, 3.8) is 0 Å². The van der Waals surface area contributed by atoms with E-state index in [1.54, 1.807) is 11.4 Å². The number of nitrogens with two attached hydrogens (primary N) is 1. The minimum atomic E-state index is -0.446. The first-order valence-corrected chi connectivity index (χ1v) is 9.01. The molecular formula is C17H17ClN4O2S. The largest absolute Gasteiger partial charge is 0.384 e. The molecule has 0 saturated carbocycles. The molecule has 0 atom stereocenters. The van der Waals surface area contributed by atoms with Crippen molar-refractivity contribution < 1.29 is 0 Å². The lowest BCUT2D eigenvalue weighted by molar-refractivity contribution is 0.600. The SMILES string of the molecule is CCCn1c(N)c(-c2csc(-c3cccc(Cl)c3)n2)c(=O)n(C)c1=O. The standard InChI is InChI=1S/C17H17ClN4O2S/c1-3-7-22-14(19)13(16(23)21(2)17(22)24)12-9-25-15(20-12)10-5-4-6-11(18)8-10/h4-6,8-9H,3,7,19H2,1-2H3. The second-order valence-electron chi connectivity index (χ2n) is 5.61. The van der Waals surface area contributed by atoms with Crippen LogP contribution in [0, 0.1) is 0 Å². The third-order valence-corrected chi connectivity index (χ3v) is 4.99. The van der Waals surface area contributed by atoms with Crippen molar-refractivity contribution in [3.8, 4) is 21.8 Å². The molecule has 0 spiro atoms. The quantitative estimate of drug-likeness (QED) is 0.758. The predicted molar refractivity (Wildman–Crippen MR) is 102 cm³/mol. The number of hydrogen-bond acceptors (Lipinski definition) is 5. The van der Waals surface area contributed by atoms with Crippen LogP contribution in [0.1, 0.15) is 13.3 Å². The predicted octanol–water partition coefficient (Wildman–Crippen LogP) is 2.98. The van der Waals surface area contributed by atoms with Crippen LogP contribution < -0.4 is 17.0 Å². The van der Waals surface area contributed by atoms with Gasteiger partial charge in [-0.15, -0.1) is 11.3 Å². The summed E-state index contributed by atoms with van der Waals surface area (Å²) in [6.07, 6.45) is 0.729. The molecule has 130 valence electrons. The number of halogens is 1. The number of nitrogen functional groups attached to an aromatic ring is 1. The molecule has 0 fully saturated rings. The van der Waals surface area contributed by atoms with E-state index in [9.17, 15) is 9.59 Å². The first-order chi connectivity index (χ1) is 11.9. The maximum Gasteiger partial charge on any atom is 0.332 e. The lowest BCUT2D eigenvalue weighted by Gasteiger charge is -2.13. The minimum Gasteiger partial charge on any atom is -0.384 e. The highest BCUT2D eigenvalue weighted by Crippen LogP contribution is 2.30. The Morgan fingerprint density at radius 2 is 2.08 bits per heavy atom. The van der Waals surface area contributed by atoms with E-state index in [1.807, 2.05) is 25.1 Å². The molecule has 0 aliphatic rings. The summed E-state index contributed by atoms with van der Waals surface area (Å²) in [5.41, 5.74) is 6.85. The molecule has 2 aromatic heterocycles. The van der Waals surface area contributed by atoms with E-state index in [0.717, 1.165) is 21.6 Å². The molecule has 0 amide bonds. The van der Waals surface area contributed by atoms with Gasteiger partial charge in [-0.1, -0.05) is 30.7 Å². The summed E-state index contributed by atoms with van der Waals surface area (Å²) in [6, 6.07) is 7.33. The summed E-state index contributed by atoms with van der Waals surface area (Å²) in [4.78, 5) is 29.4. The molecule has 8 heteroatoms. The van der Waals surface area contributed by atoms with E-state index in [0.29, 0.717) is 17.3 Å². The van der Waals surface area contributed by atoms with Gasteiger partial charge in [-0.2, -0.15) is 0 Å². The number of benzene rings is 1. The van der Waals surface area contributed by atoms with Crippen LogP contribution >= 0.6 is 22.9 Å². The Morgan fingerprint density at radius 1 is 1.32 bits per heavy atom. The van der Waals surface area contributed by atoms with Crippen molar-refractivity contribution in [3.05, 3.63) is 55.5 Å². The third kappa shape index (κ3) is 3.12. The van der Waals surface area contributed by atoms with Crippen LogP contribution in [0.5, 0.6) is 0 Å². The van der Waals surface area contributed by atoms with Crippen LogP contribution in [-0.4, -0.2) is 14.1 Å². The zero-order valence-electron chi connectivity index (χ0n) is 13.8. The monoisotopic (exact) mass is 376 g/mol. The molecule has 0 radical (unpaired) electrons. The van der Waals surface area contributed by atoms with Crippen molar-refractivity contribution in [1.82, 2.24) is 14.1 Å². The number of aromatic nitrogens is 3. The fourth-order valence-corrected chi connectivity index (χ4v) is 3.60. The normalized spacial score (nSPS) is 11.0. The first-order valence-electron chi connectivity index (χ1n) is 7.75. The van der Waals surface area contributed by atoms with E-state index in [1.165, 1.54) is 23.0 Å². The van der Waals surface area contributed by atoms with Gasteiger partial charge in [0.15, 0.2) is 0 Å². The molecule has 0 saturated heterocycles. The third-order valence-electron chi connectivity index (χ3n) is 3.86. The fraction of sp³-hybridized carbons (Fsp3) is 0.235. The van der Waals surface area contributed by atoms with Crippen LogP contribution in [-0.2, 0) is 13.6 Å². The molecule has 0 bridgehead atoms. The van der Waals surface area contributed by atoms with Gasteiger partial charge in [0.25, 0.3) is 5.56 Å². The van der Waals surface area contributed by atoms with Crippen molar-refractivity contribution in [2.24, 2.45) is 7.05 Å². The zero-order valence-corrected chi connectivity index (χ0v) is 15.4.